The first-order chi connectivity index (χ1) is 12.1. The number of carbonyl (C=O) groups excluding carboxylic acids is 1. The zero-order valence-corrected chi connectivity index (χ0v) is 15.2. The highest BCUT2D eigenvalue weighted by Gasteiger charge is 2.12. The maximum atomic E-state index is 12.2. The van der Waals surface area contributed by atoms with Crippen molar-refractivity contribution in [3.63, 3.8) is 0 Å². The number of carbonyl (C=O) groups is 1. The van der Waals surface area contributed by atoms with Gasteiger partial charge in [0.25, 0.3) is 0 Å². The number of aryl methyl sites for hydroxylation is 1. The molecule has 5 nitrogen and oxygen atoms in total. The molecule has 1 N–H and O–H groups in total. The van der Waals surface area contributed by atoms with Gasteiger partial charge in [-0.2, -0.15) is 0 Å². The zero-order chi connectivity index (χ0) is 18.2. The van der Waals surface area contributed by atoms with E-state index in [1.165, 1.54) is 0 Å². The fraction of sp³-hybridized carbons (Fsp3) is 0.350. The van der Waals surface area contributed by atoms with Crippen molar-refractivity contribution in [2.45, 2.75) is 25.8 Å². The van der Waals surface area contributed by atoms with E-state index in [0.29, 0.717) is 24.3 Å². The van der Waals surface area contributed by atoms with Crippen LogP contribution in [0.15, 0.2) is 42.5 Å². The third-order valence-corrected chi connectivity index (χ3v) is 4.08. The van der Waals surface area contributed by atoms with Crippen LogP contribution in [0.4, 0.5) is 0 Å². The number of ether oxygens (including phenoxy) is 3. The van der Waals surface area contributed by atoms with E-state index < -0.39 is 0 Å². The van der Waals surface area contributed by atoms with Crippen LogP contribution in [0.5, 0.6) is 17.2 Å². The highest BCUT2D eigenvalue weighted by Crippen LogP contribution is 2.29. The molecular formula is C20H25NO4. The van der Waals surface area contributed by atoms with E-state index in [1.807, 2.05) is 49.4 Å². The monoisotopic (exact) mass is 343 g/mol. The van der Waals surface area contributed by atoms with Crippen molar-refractivity contribution in [1.82, 2.24) is 5.32 Å². The summed E-state index contributed by atoms with van der Waals surface area (Å²) in [5.74, 6) is 2.15. The molecular weight excluding hydrogens is 318 g/mol. The van der Waals surface area contributed by atoms with Crippen molar-refractivity contribution in [2.75, 3.05) is 21.3 Å². The van der Waals surface area contributed by atoms with Crippen molar-refractivity contribution in [1.29, 1.82) is 0 Å². The summed E-state index contributed by atoms with van der Waals surface area (Å²) in [4.78, 5) is 12.2. The molecule has 0 aromatic heterocycles. The molecule has 1 atom stereocenters. The summed E-state index contributed by atoms with van der Waals surface area (Å²) in [5.41, 5.74) is 2.07. The van der Waals surface area contributed by atoms with Gasteiger partial charge in [-0.25, -0.2) is 0 Å². The van der Waals surface area contributed by atoms with E-state index in [0.717, 1.165) is 16.9 Å². The number of amides is 1. The Morgan fingerprint density at radius 1 is 0.960 bits per heavy atom. The van der Waals surface area contributed by atoms with E-state index in [9.17, 15) is 4.79 Å². The molecule has 0 aliphatic heterocycles. The number of hydrogen-bond donors (Lipinski definition) is 1. The lowest BCUT2D eigenvalue weighted by atomic mass is 10.1. The van der Waals surface area contributed by atoms with Crippen molar-refractivity contribution in [2.24, 2.45) is 0 Å². The average molecular weight is 343 g/mol. The van der Waals surface area contributed by atoms with Crippen LogP contribution in [0.2, 0.25) is 0 Å². The smallest absolute Gasteiger partial charge is 0.220 e. The van der Waals surface area contributed by atoms with Gasteiger partial charge in [0.15, 0.2) is 11.5 Å². The minimum absolute atomic E-state index is 0.0121. The summed E-state index contributed by atoms with van der Waals surface area (Å²) in [7, 11) is 4.83. The van der Waals surface area contributed by atoms with Gasteiger partial charge in [0, 0.05) is 6.42 Å². The van der Waals surface area contributed by atoms with Gasteiger partial charge in [-0.1, -0.05) is 18.2 Å². The van der Waals surface area contributed by atoms with Gasteiger partial charge in [0.2, 0.25) is 5.91 Å². The molecule has 0 saturated carbocycles. The lowest BCUT2D eigenvalue weighted by Gasteiger charge is -2.16. The van der Waals surface area contributed by atoms with Gasteiger partial charge < -0.3 is 19.5 Å². The SMILES string of the molecule is COc1ccc(CCC(=O)N[C@H](C)c2ccc(OC)c(OC)c2)cc1. The van der Waals surface area contributed by atoms with Crippen molar-refractivity contribution >= 4 is 5.91 Å². The number of rotatable bonds is 8. The van der Waals surface area contributed by atoms with E-state index in [-0.39, 0.29) is 11.9 Å². The molecule has 0 heterocycles. The molecule has 0 aliphatic rings. The Kier molecular flexibility index (Phi) is 6.69. The fourth-order valence-electron chi connectivity index (χ4n) is 2.57. The van der Waals surface area contributed by atoms with Gasteiger partial charge in [-0.15, -0.1) is 0 Å². The van der Waals surface area contributed by atoms with E-state index in [1.54, 1.807) is 21.3 Å². The van der Waals surface area contributed by atoms with Crippen LogP contribution in [-0.2, 0) is 11.2 Å². The first-order valence-electron chi connectivity index (χ1n) is 8.21. The van der Waals surface area contributed by atoms with Crippen LogP contribution < -0.4 is 19.5 Å². The summed E-state index contributed by atoms with van der Waals surface area (Å²) in [6.07, 6.45) is 1.12. The number of hydrogen-bond acceptors (Lipinski definition) is 4. The Morgan fingerprint density at radius 3 is 2.24 bits per heavy atom. The topological polar surface area (TPSA) is 56.8 Å². The second kappa shape index (κ2) is 8.97. The summed E-state index contributed by atoms with van der Waals surface area (Å²) in [6, 6.07) is 13.3. The van der Waals surface area contributed by atoms with Gasteiger partial charge in [0.05, 0.1) is 27.4 Å². The zero-order valence-electron chi connectivity index (χ0n) is 15.2. The van der Waals surface area contributed by atoms with Crippen LogP contribution in [-0.4, -0.2) is 27.2 Å². The average Bonchev–Trinajstić information content (AvgIpc) is 2.66. The lowest BCUT2D eigenvalue weighted by molar-refractivity contribution is -0.121. The quantitative estimate of drug-likeness (QED) is 0.797. The molecule has 0 unspecified atom stereocenters. The Balaban J connectivity index is 1.90. The van der Waals surface area contributed by atoms with Gasteiger partial charge in [-0.3, -0.25) is 4.79 Å². The van der Waals surface area contributed by atoms with Crippen LogP contribution in [0, 0.1) is 0 Å². The fourth-order valence-corrected chi connectivity index (χ4v) is 2.57. The predicted molar refractivity (Wildman–Crippen MR) is 97.4 cm³/mol. The maximum absolute atomic E-state index is 12.2. The Labute approximate surface area is 148 Å². The highest BCUT2D eigenvalue weighted by molar-refractivity contribution is 5.76. The third kappa shape index (κ3) is 5.14. The Morgan fingerprint density at radius 2 is 1.64 bits per heavy atom. The predicted octanol–water partition coefficient (Wildman–Crippen LogP) is 3.52. The van der Waals surface area contributed by atoms with Gasteiger partial charge in [0.1, 0.15) is 5.75 Å². The minimum atomic E-state index is -0.108. The molecule has 2 rings (SSSR count). The van der Waals surface area contributed by atoms with E-state index in [2.05, 4.69) is 5.32 Å². The molecule has 5 heteroatoms. The minimum Gasteiger partial charge on any atom is -0.497 e. The van der Waals surface area contributed by atoms with E-state index in [4.69, 9.17) is 14.2 Å². The Hall–Kier alpha value is -2.69. The molecule has 0 bridgehead atoms. The molecule has 0 aliphatic carbocycles. The van der Waals surface area contributed by atoms with Crippen molar-refractivity contribution in [3.05, 3.63) is 53.6 Å². The molecule has 2 aromatic rings. The molecule has 0 saturated heterocycles. The number of benzene rings is 2. The van der Waals surface area contributed by atoms with Crippen LogP contribution >= 0.6 is 0 Å². The van der Waals surface area contributed by atoms with Crippen LogP contribution in [0.25, 0.3) is 0 Å². The summed E-state index contributed by atoms with van der Waals surface area (Å²) < 4.78 is 15.7. The summed E-state index contributed by atoms with van der Waals surface area (Å²) >= 11 is 0. The number of methoxy groups -OCH3 is 3. The number of nitrogens with one attached hydrogen (secondary N) is 1. The van der Waals surface area contributed by atoms with Gasteiger partial charge in [-0.05, 0) is 48.7 Å². The molecule has 25 heavy (non-hydrogen) atoms. The molecule has 0 fully saturated rings. The summed E-state index contributed by atoms with van der Waals surface area (Å²) in [6.45, 7) is 1.95. The molecule has 0 radical (unpaired) electrons. The summed E-state index contributed by atoms with van der Waals surface area (Å²) in [5, 5.41) is 3.02. The largest absolute Gasteiger partial charge is 0.497 e. The second-order valence-corrected chi connectivity index (χ2v) is 5.75. The standard InChI is InChI=1S/C20H25NO4/c1-14(16-8-11-18(24-3)19(13-16)25-4)21-20(22)12-7-15-5-9-17(23-2)10-6-15/h5-6,8-11,13-14H,7,12H2,1-4H3,(H,21,22)/t14-/m1/s1. The van der Waals surface area contributed by atoms with Gasteiger partial charge >= 0.3 is 0 Å². The highest BCUT2D eigenvalue weighted by atomic mass is 16.5. The van der Waals surface area contributed by atoms with Crippen LogP contribution in [0.3, 0.4) is 0 Å². The Bertz CT molecular complexity index is 697. The lowest BCUT2D eigenvalue weighted by Crippen LogP contribution is -2.26. The van der Waals surface area contributed by atoms with Crippen molar-refractivity contribution in [3.8, 4) is 17.2 Å². The third-order valence-electron chi connectivity index (χ3n) is 4.08. The van der Waals surface area contributed by atoms with Crippen LogP contribution in [0.1, 0.15) is 30.5 Å². The molecule has 1 amide bonds. The molecule has 134 valence electrons. The normalized spacial score (nSPS) is 11.5. The first kappa shape index (κ1) is 18.6. The molecule has 2 aromatic carbocycles. The first-order valence-corrected chi connectivity index (χ1v) is 8.21. The molecule has 0 spiro atoms. The van der Waals surface area contributed by atoms with Crippen molar-refractivity contribution < 1.29 is 19.0 Å². The maximum Gasteiger partial charge on any atom is 0.220 e. The van der Waals surface area contributed by atoms with E-state index >= 15 is 0 Å². The second-order valence-electron chi connectivity index (χ2n) is 5.75.